The van der Waals surface area contributed by atoms with Crippen molar-refractivity contribution in [2.45, 2.75) is 50.6 Å². The monoisotopic (exact) mass is 202 g/mol. The molecule has 0 aromatic carbocycles. The molecule has 0 aromatic heterocycles. The molecule has 0 aliphatic carbocycles. The van der Waals surface area contributed by atoms with Crippen LogP contribution in [0.3, 0.4) is 0 Å². The number of hydrogen-bond acceptors (Lipinski definition) is 4. The highest BCUT2D eigenvalue weighted by molar-refractivity contribution is 4.75. The lowest BCUT2D eigenvalue weighted by atomic mass is 9.99. The molecule has 0 aliphatic rings. The molecule has 0 bridgehead atoms. The van der Waals surface area contributed by atoms with Crippen molar-refractivity contribution in [3.8, 4) is 0 Å². The van der Waals surface area contributed by atoms with E-state index in [0.29, 0.717) is 6.54 Å². The van der Waals surface area contributed by atoms with Gasteiger partial charge in [-0.1, -0.05) is 12.8 Å². The van der Waals surface area contributed by atoms with Gasteiger partial charge in [0.1, 0.15) is 0 Å². The lowest BCUT2D eigenvalue weighted by molar-refractivity contribution is 0.443. The van der Waals surface area contributed by atoms with Gasteiger partial charge in [-0.3, -0.25) is 0 Å². The van der Waals surface area contributed by atoms with Gasteiger partial charge in [-0.2, -0.15) is 0 Å². The molecule has 86 valence electrons. The average Bonchev–Trinajstić information content (AvgIpc) is 2.20. The van der Waals surface area contributed by atoms with Gasteiger partial charge in [0.2, 0.25) is 0 Å². The second-order valence-electron chi connectivity index (χ2n) is 3.90. The fourth-order valence-electron chi connectivity index (χ4n) is 1.48. The first-order valence-electron chi connectivity index (χ1n) is 5.63. The molecular formula is C10H26N4. The molecule has 0 fully saturated rings. The molecule has 0 saturated heterocycles. The molecule has 14 heavy (non-hydrogen) atoms. The first kappa shape index (κ1) is 13.8. The van der Waals surface area contributed by atoms with Crippen molar-refractivity contribution in [1.82, 2.24) is 0 Å². The van der Waals surface area contributed by atoms with E-state index in [2.05, 4.69) is 0 Å². The largest absolute Gasteiger partial charge is 0.330 e. The van der Waals surface area contributed by atoms with Crippen LogP contribution in [-0.2, 0) is 0 Å². The summed E-state index contributed by atoms with van der Waals surface area (Å²) in [4.78, 5) is 0. The van der Waals surface area contributed by atoms with E-state index in [1.165, 1.54) is 0 Å². The van der Waals surface area contributed by atoms with Crippen LogP contribution in [0, 0.1) is 0 Å². The van der Waals surface area contributed by atoms with Crippen LogP contribution in [0.4, 0.5) is 0 Å². The Morgan fingerprint density at radius 3 is 1.64 bits per heavy atom. The van der Waals surface area contributed by atoms with Gasteiger partial charge in [0.15, 0.2) is 0 Å². The van der Waals surface area contributed by atoms with Crippen LogP contribution >= 0.6 is 0 Å². The minimum atomic E-state index is 0.108. The Labute approximate surface area is 87.4 Å². The second-order valence-corrected chi connectivity index (χ2v) is 3.90. The van der Waals surface area contributed by atoms with Crippen LogP contribution in [-0.4, -0.2) is 25.2 Å². The number of unbranched alkanes of at least 4 members (excludes halogenated alkanes) is 2. The molecule has 4 nitrogen and oxygen atoms in total. The van der Waals surface area contributed by atoms with Crippen LogP contribution in [0.1, 0.15) is 38.5 Å². The van der Waals surface area contributed by atoms with Gasteiger partial charge in [-0.05, 0) is 38.8 Å². The topological polar surface area (TPSA) is 104 Å². The lowest BCUT2D eigenvalue weighted by Crippen LogP contribution is -2.41. The molecule has 2 unspecified atom stereocenters. The highest BCUT2D eigenvalue weighted by Gasteiger charge is 2.11. The highest BCUT2D eigenvalue weighted by Crippen LogP contribution is 2.06. The van der Waals surface area contributed by atoms with E-state index in [4.69, 9.17) is 22.9 Å². The van der Waals surface area contributed by atoms with Crippen LogP contribution in [0.15, 0.2) is 0 Å². The summed E-state index contributed by atoms with van der Waals surface area (Å²) in [6, 6.07) is 0.232. The van der Waals surface area contributed by atoms with Crippen LogP contribution in [0.2, 0.25) is 0 Å². The first-order chi connectivity index (χ1) is 6.72. The molecule has 0 saturated carbocycles. The van der Waals surface area contributed by atoms with Crippen LogP contribution in [0.25, 0.3) is 0 Å². The Morgan fingerprint density at radius 2 is 1.14 bits per heavy atom. The Hall–Kier alpha value is -0.160. The average molecular weight is 202 g/mol. The molecule has 0 rings (SSSR count). The maximum Gasteiger partial charge on any atom is 0.0192 e. The summed E-state index contributed by atoms with van der Waals surface area (Å²) in [6.07, 6.45) is 6.30. The van der Waals surface area contributed by atoms with E-state index in [-0.39, 0.29) is 12.1 Å². The summed E-state index contributed by atoms with van der Waals surface area (Å²) in [5.74, 6) is 0. The molecule has 8 N–H and O–H groups in total. The van der Waals surface area contributed by atoms with Crippen LogP contribution in [0.5, 0.6) is 0 Å². The van der Waals surface area contributed by atoms with Crippen molar-refractivity contribution in [3.05, 3.63) is 0 Å². The van der Waals surface area contributed by atoms with Gasteiger partial charge in [0, 0.05) is 12.1 Å². The Balaban J connectivity index is 3.36. The summed E-state index contributed by atoms with van der Waals surface area (Å²) in [5, 5.41) is 0. The van der Waals surface area contributed by atoms with Crippen molar-refractivity contribution in [2.24, 2.45) is 22.9 Å². The minimum absolute atomic E-state index is 0.108. The van der Waals surface area contributed by atoms with Gasteiger partial charge >= 0.3 is 0 Å². The molecule has 2 atom stereocenters. The molecule has 0 radical (unpaired) electrons. The zero-order valence-corrected chi connectivity index (χ0v) is 9.12. The lowest BCUT2D eigenvalue weighted by Gasteiger charge is -2.19. The second kappa shape index (κ2) is 9.40. The predicted molar refractivity (Wildman–Crippen MR) is 61.8 cm³/mol. The smallest absolute Gasteiger partial charge is 0.0192 e. The predicted octanol–water partition coefficient (Wildman–Crippen LogP) is -0.101. The van der Waals surface area contributed by atoms with Gasteiger partial charge in [-0.15, -0.1) is 0 Å². The third-order valence-electron chi connectivity index (χ3n) is 2.53. The standard InChI is InChI=1S/C10H26N4/c11-7-3-1-2-5-9(13)10(14)6-4-8-12/h9-10H,1-8,11-14H2. The molecule has 0 aliphatic heterocycles. The first-order valence-corrected chi connectivity index (χ1v) is 5.63. The summed E-state index contributed by atoms with van der Waals surface area (Å²) >= 11 is 0. The third kappa shape index (κ3) is 7.26. The van der Waals surface area contributed by atoms with Gasteiger partial charge in [0.25, 0.3) is 0 Å². The normalized spacial score (nSPS) is 15.4. The molecule has 0 spiro atoms. The maximum absolute atomic E-state index is 5.94. The van der Waals surface area contributed by atoms with Gasteiger partial charge < -0.3 is 22.9 Å². The number of hydrogen-bond donors (Lipinski definition) is 4. The van der Waals surface area contributed by atoms with E-state index < -0.39 is 0 Å². The summed E-state index contributed by atoms with van der Waals surface area (Å²) in [5.41, 5.74) is 22.7. The van der Waals surface area contributed by atoms with Gasteiger partial charge in [-0.25, -0.2) is 0 Å². The minimum Gasteiger partial charge on any atom is -0.330 e. The van der Waals surface area contributed by atoms with E-state index in [1.54, 1.807) is 0 Å². The van der Waals surface area contributed by atoms with Crippen LogP contribution < -0.4 is 22.9 Å². The van der Waals surface area contributed by atoms with Crippen molar-refractivity contribution in [2.75, 3.05) is 13.1 Å². The molecule has 0 aromatic rings. The SMILES string of the molecule is NCCCCCC(N)C(N)CCCN. The summed E-state index contributed by atoms with van der Waals surface area (Å²) in [6.45, 7) is 1.47. The summed E-state index contributed by atoms with van der Waals surface area (Å²) < 4.78 is 0. The molecule has 0 heterocycles. The fourth-order valence-corrected chi connectivity index (χ4v) is 1.48. The summed E-state index contributed by atoms with van der Waals surface area (Å²) in [7, 11) is 0. The zero-order valence-electron chi connectivity index (χ0n) is 9.12. The number of rotatable bonds is 9. The van der Waals surface area contributed by atoms with Crippen molar-refractivity contribution in [3.63, 3.8) is 0 Å². The highest BCUT2D eigenvalue weighted by atomic mass is 14.8. The molecular weight excluding hydrogens is 176 g/mol. The van der Waals surface area contributed by atoms with Crippen molar-refractivity contribution >= 4 is 0 Å². The van der Waals surface area contributed by atoms with Crippen molar-refractivity contribution < 1.29 is 0 Å². The Kier molecular flexibility index (Phi) is 9.29. The molecule has 4 heteroatoms. The number of nitrogens with two attached hydrogens (primary N) is 4. The fraction of sp³-hybridized carbons (Fsp3) is 1.00. The Morgan fingerprint density at radius 1 is 0.643 bits per heavy atom. The molecule has 0 amide bonds. The maximum atomic E-state index is 5.94. The van der Waals surface area contributed by atoms with Gasteiger partial charge in [0.05, 0.1) is 0 Å². The van der Waals surface area contributed by atoms with E-state index in [9.17, 15) is 0 Å². The quantitative estimate of drug-likeness (QED) is 0.392. The van der Waals surface area contributed by atoms with E-state index in [1.807, 2.05) is 0 Å². The Bertz CT molecular complexity index is 119. The van der Waals surface area contributed by atoms with E-state index in [0.717, 1.165) is 45.1 Å². The zero-order chi connectivity index (χ0) is 10.8. The van der Waals surface area contributed by atoms with E-state index >= 15 is 0 Å². The third-order valence-corrected chi connectivity index (χ3v) is 2.53. The van der Waals surface area contributed by atoms with Crippen molar-refractivity contribution in [1.29, 1.82) is 0 Å².